The van der Waals surface area contributed by atoms with E-state index in [9.17, 15) is 0 Å². The third-order valence-corrected chi connectivity index (χ3v) is 4.67. The molecular weight excluding hydrogens is 346 g/mol. The van der Waals surface area contributed by atoms with Crippen LogP contribution in [-0.2, 0) is 6.42 Å². The van der Waals surface area contributed by atoms with Gasteiger partial charge in [-0.05, 0) is 47.9 Å². The van der Waals surface area contributed by atoms with E-state index in [1.807, 2.05) is 0 Å². The van der Waals surface area contributed by atoms with E-state index in [4.69, 9.17) is 0 Å². The lowest BCUT2D eigenvalue weighted by molar-refractivity contribution is 1.15. The van der Waals surface area contributed by atoms with Gasteiger partial charge in [0.15, 0.2) is 0 Å². The Morgan fingerprint density at radius 1 is 0.739 bits per heavy atom. The summed E-state index contributed by atoms with van der Waals surface area (Å²) in [5.74, 6) is 0. The van der Waals surface area contributed by atoms with Crippen LogP contribution < -0.4 is 4.90 Å². The highest BCUT2D eigenvalue weighted by atomic mass is 79.9. The van der Waals surface area contributed by atoms with E-state index in [-0.39, 0.29) is 0 Å². The lowest BCUT2D eigenvalue weighted by Gasteiger charge is -2.33. The Morgan fingerprint density at radius 3 is 2.22 bits per heavy atom. The SMILES string of the molecule is Brc1ccc(C2=CCc3ccccc3N2c2ccccc2)cc1. The van der Waals surface area contributed by atoms with E-state index in [1.165, 1.54) is 28.2 Å². The fraction of sp³-hybridized carbons (Fsp3) is 0.0476. The average Bonchev–Trinajstić information content (AvgIpc) is 2.62. The molecule has 0 saturated carbocycles. The van der Waals surface area contributed by atoms with E-state index < -0.39 is 0 Å². The van der Waals surface area contributed by atoms with Crippen molar-refractivity contribution in [2.45, 2.75) is 6.42 Å². The highest BCUT2D eigenvalue weighted by Gasteiger charge is 2.22. The Kier molecular flexibility index (Phi) is 3.76. The first-order chi connectivity index (χ1) is 11.3. The predicted molar refractivity (Wildman–Crippen MR) is 101 cm³/mol. The molecule has 0 aliphatic carbocycles. The summed E-state index contributed by atoms with van der Waals surface area (Å²) in [6, 6.07) is 27.7. The summed E-state index contributed by atoms with van der Waals surface area (Å²) in [5, 5.41) is 0. The van der Waals surface area contributed by atoms with Gasteiger partial charge in [0.05, 0.1) is 0 Å². The van der Waals surface area contributed by atoms with Crippen LogP contribution in [0.25, 0.3) is 5.70 Å². The van der Waals surface area contributed by atoms with Crippen LogP contribution in [0.15, 0.2) is 89.4 Å². The summed E-state index contributed by atoms with van der Waals surface area (Å²) in [6.45, 7) is 0. The molecule has 0 atom stereocenters. The van der Waals surface area contributed by atoms with Crippen LogP contribution in [0.2, 0.25) is 0 Å². The maximum absolute atomic E-state index is 3.52. The Morgan fingerprint density at radius 2 is 1.43 bits per heavy atom. The smallest absolute Gasteiger partial charge is 0.0497 e. The standard InChI is InChI=1S/C21H16BrN/c22-18-13-10-17(11-14-18)21-15-12-16-6-4-5-9-20(16)23(21)19-7-2-1-3-8-19/h1-11,13-15H,12H2. The van der Waals surface area contributed by atoms with Gasteiger partial charge in [-0.3, -0.25) is 0 Å². The van der Waals surface area contributed by atoms with E-state index in [0.717, 1.165) is 10.9 Å². The minimum absolute atomic E-state index is 0.963. The van der Waals surface area contributed by atoms with Crippen molar-refractivity contribution in [3.05, 3.63) is 101 Å². The quantitative estimate of drug-likeness (QED) is 0.526. The molecule has 0 saturated heterocycles. The van der Waals surface area contributed by atoms with Gasteiger partial charge in [0, 0.05) is 21.5 Å². The average molecular weight is 362 g/mol. The summed E-state index contributed by atoms with van der Waals surface area (Å²) in [5.41, 5.74) is 6.28. The summed E-state index contributed by atoms with van der Waals surface area (Å²) < 4.78 is 1.10. The van der Waals surface area contributed by atoms with Gasteiger partial charge in [-0.2, -0.15) is 0 Å². The first-order valence-corrected chi connectivity index (χ1v) is 8.51. The Labute approximate surface area is 145 Å². The van der Waals surface area contributed by atoms with Gasteiger partial charge in [-0.1, -0.05) is 70.5 Å². The van der Waals surface area contributed by atoms with Gasteiger partial charge in [0.2, 0.25) is 0 Å². The summed E-state index contributed by atoms with van der Waals surface area (Å²) in [4.78, 5) is 2.35. The lowest BCUT2D eigenvalue weighted by atomic mass is 9.98. The van der Waals surface area contributed by atoms with Gasteiger partial charge in [-0.25, -0.2) is 0 Å². The normalized spacial score (nSPS) is 13.4. The minimum atomic E-state index is 0.963. The topological polar surface area (TPSA) is 3.24 Å². The van der Waals surface area contributed by atoms with Crippen molar-refractivity contribution in [2.75, 3.05) is 4.90 Å². The number of benzene rings is 3. The number of allylic oxidation sites excluding steroid dienone is 1. The number of halogens is 1. The van der Waals surface area contributed by atoms with Crippen LogP contribution >= 0.6 is 15.9 Å². The molecule has 1 heterocycles. The molecule has 1 aliphatic rings. The third kappa shape index (κ3) is 2.71. The zero-order valence-corrected chi connectivity index (χ0v) is 14.2. The molecule has 1 aliphatic heterocycles. The van der Waals surface area contributed by atoms with Crippen LogP contribution in [-0.4, -0.2) is 0 Å². The second-order valence-corrected chi connectivity index (χ2v) is 6.52. The zero-order valence-electron chi connectivity index (χ0n) is 12.6. The van der Waals surface area contributed by atoms with Crippen molar-refractivity contribution < 1.29 is 0 Å². The van der Waals surface area contributed by atoms with Gasteiger partial charge in [0.1, 0.15) is 0 Å². The number of para-hydroxylation sites is 2. The largest absolute Gasteiger partial charge is 0.310 e. The molecule has 3 aromatic rings. The first kappa shape index (κ1) is 14.3. The molecule has 0 radical (unpaired) electrons. The van der Waals surface area contributed by atoms with E-state index in [0.29, 0.717) is 0 Å². The molecule has 3 aromatic carbocycles. The van der Waals surface area contributed by atoms with Crippen molar-refractivity contribution in [2.24, 2.45) is 0 Å². The third-order valence-electron chi connectivity index (χ3n) is 4.14. The van der Waals surface area contributed by atoms with Crippen LogP contribution in [0, 0.1) is 0 Å². The molecule has 1 nitrogen and oxygen atoms in total. The van der Waals surface area contributed by atoms with Gasteiger partial charge in [-0.15, -0.1) is 0 Å². The fourth-order valence-electron chi connectivity index (χ4n) is 3.05. The molecule has 4 rings (SSSR count). The van der Waals surface area contributed by atoms with Crippen molar-refractivity contribution in [1.82, 2.24) is 0 Å². The molecule has 0 fully saturated rings. The molecule has 0 unspecified atom stereocenters. The molecule has 112 valence electrons. The number of rotatable bonds is 2. The summed E-state index contributed by atoms with van der Waals surface area (Å²) in [6.07, 6.45) is 3.28. The Balaban J connectivity index is 1.88. The monoisotopic (exact) mass is 361 g/mol. The van der Waals surface area contributed by atoms with Crippen LogP contribution in [0.1, 0.15) is 11.1 Å². The molecule has 23 heavy (non-hydrogen) atoms. The first-order valence-electron chi connectivity index (χ1n) is 7.72. The van der Waals surface area contributed by atoms with E-state index in [2.05, 4.69) is 106 Å². The van der Waals surface area contributed by atoms with Crippen molar-refractivity contribution in [3.63, 3.8) is 0 Å². The fourth-order valence-corrected chi connectivity index (χ4v) is 3.32. The molecule has 0 amide bonds. The Bertz CT molecular complexity index is 851. The van der Waals surface area contributed by atoms with Crippen molar-refractivity contribution >= 4 is 33.0 Å². The number of hydrogen-bond acceptors (Lipinski definition) is 1. The highest BCUT2D eigenvalue weighted by molar-refractivity contribution is 9.10. The second-order valence-electron chi connectivity index (χ2n) is 5.60. The lowest BCUT2D eigenvalue weighted by Crippen LogP contribution is -2.20. The second kappa shape index (κ2) is 6.05. The molecule has 0 bridgehead atoms. The summed E-state index contributed by atoms with van der Waals surface area (Å²) in [7, 11) is 0. The molecule has 0 N–H and O–H groups in total. The summed E-state index contributed by atoms with van der Waals surface area (Å²) >= 11 is 3.52. The van der Waals surface area contributed by atoms with Gasteiger partial charge in [0.25, 0.3) is 0 Å². The van der Waals surface area contributed by atoms with Crippen LogP contribution in [0.5, 0.6) is 0 Å². The van der Waals surface area contributed by atoms with E-state index in [1.54, 1.807) is 0 Å². The maximum atomic E-state index is 3.52. The van der Waals surface area contributed by atoms with Gasteiger partial charge >= 0.3 is 0 Å². The Hall–Kier alpha value is -2.32. The van der Waals surface area contributed by atoms with Crippen molar-refractivity contribution in [3.8, 4) is 0 Å². The minimum Gasteiger partial charge on any atom is -0.310 e. The van der Waals surface area contributed by atoms with E-state index >= 15 is 0 Å². The number of anilines is 2. The molecular formula is C21H16BrN. The number of hydrogen-bond donors (Lipinski definition) is 0. The van der Waals surface area contributed by atoms with Crippen LogP contribution in [0.3, 0.4) is 0 Å². The predicted octanol–water partition coefficient (Wildman–Crippen LogP) is 6.18. The van der Waals surface area contributed by atoms with Crippen LogP contribution in [0.4, 0.5) is 11.4 Å². The molecule has 0 aromatic heterocycles. The molecule has 2 heteroatoms. The van der Waals surface area contributed by atoms with Crippen molar-refractivity contribution in [1.29, 1.82) is 0 Å². The maximum Gasteiger partial charge on any atom is 0.0497 e. The number of nitrogens with zero attached hydrogens (tertiary/aromatic N) is 1. The highest BCUT2D eigenvalue weighted by Crippen LogP contribution is 2.40. The van der Waals surface area contributed by atoms with Gasteiger partial charge < -0.3 is 4.90 Å². The zero-order chi connectivity index (χ0) is 15.6. The molecule has 0 spiro atoms. The number of fused-ring (bicyclic) bond motifs is 1.